The summed E-state index contributed by atoms with van der Waals surface area (Å²) in [5.41, 5.74) is 6.34. The van der Waals surface area contributed by atoms with Gasteiger partial charge in [-0.1, -0.05) is 76.2 Å². The average Bonchev–Trinajstić information content (AvgIpc) is 1.61. The van der Waals surface area contributed by atoms with Crippen LogP contribution in [0.5, 0.6) is 0 Å². The Kier molecular flexibility index (Phi) is 20.5. The molecule has 2 aromatic heterocycles. The van der Waals surface area contributed by atoms with Crippen LogP contribution in [-0.2, 0) is 55.7 Å². The normalized spacial score (nSPS) is 22.3. The van der Waals surface area contributed by atoms with Crippen molar-refractivity contribution in [2.75, 3.05) is 129 Å². The van der Waals surface area contributed by atoms with Gasteiger partial charge in [-0.25, -0.2) is 8.78 Å². The van der Waals surface area contributed by atoms with Gasteiger partial charge in [0, 0.05) is 150 Å². The third-order valence-corrected chi connectivity index (χ3v) is 20.6. The Bertz CT molecular complexity index is 3330. The quantitative estimate of drug-likeness (QED) is 0.0723. The summed E-state index contributed by atoms with van der Waals surface area (Å²) >= 11 is 0. The lowest BCUT2D eigenvalue weighted by atomic mass is 9.91. The Balaban J connectivity index is 0.592. The fraction of sp³-hybridized carbons (Fsp3) is 0.556. The molecule has 6 aliphatic rings. The van der Waals surface area contributed by atoms with E-state index in [4.69, 9.17) is 0 Å². The highest BCUT2D eigenvalue weighted by Gasteiger charge is 2.43. The molecule has 18 nitrogen and oxygen atoms in total. The fourth-order valence-corrected chi connectivity index (χ4v) is 15.1. The minimum atomic E-state index is -0.431. The number of rotatable bonds is 20. The van der Waals surface area contributed by atoms with E-state index in [1.807, 2.05) is 70.1 Å². The summed E-state index contributed by atoms with van der Waals surface area (Å²) < 4.78 is 27.3. The molecule has 0 radical (unpaired) electrons. The van der Waals surface area contributed by atoms with Crippen molar-refractivity contribution in [2.24, 2.45) is 11.8 Å². The number of likely N-dealkylation sites (N-methyl/N-ethyl adjacent to an activating group) is 2. The Hall–Kier alpha value is -6.94. The van der Waals surface area contributed by atoms with Crippen LogP contribution in [0.1, 0.15) is 112 Å². The highest BCUT2D eigenvalue weighted by Crippen LogP contribution is 2.41. The monoisotopic (exact) mass is 1260 g/mol. The van der Waals surface area contributed by atoms with Gasteiger partial charge in [0.1, 0.15) is 11.6 Å². The zero-order valence-corrected chi connectivity index (χ0v) is 55.3. The van der Waals surface area contributed by atoms with Crippen LogP contribution in [0, 0.1) is 23.5 Å². The SMILES string of the molecule is C[C@@H]1CN(CC(=O)N2CC(C)(C)c3[nH]c(=O)c(Cc4ccc(F)cc4)cc32)[C@@H](CN2CCC(CN(C)C(=O)Cc3ccc(CC(=O)N(C)CC4CCN(C[C@H]5CN[C@H](C)CN5CC(=O)N5CC(C)(C)c6[nH]c(=O)c(Cc7ccc(F)cc7)cc65)CC4)cc3)CC2)CN1. The lowest BCUT2D eigenvalue weighted by molar-refractivity contribution is -0.130. The van der Waals surface area contributed by atoms with E-state index in [-0.39, 0.29) is 83.6 Å². The van der Waals surface area contributed by atoms with Gasteiger partial charge in [0.05, 0.1) is 37.3 Å². The number of hydrogen-bond acceptors (Lipinski definition) is 12. The second kappa shape index (κ2) is 28.3. The molecule has 4 atom stereocenters. The number of aromatic nitrogens is 2. The number of amides is 4. The van der Waals surface area contributed by atoms with E-state index in [1.54, 1.807) is 24.3 Å². The Morgan fingerprint density at radius 2 is 0.880 bits per heavy atom. The molecule has 8 heterocycles. The van der Waals surface area contributed by atoms with Gasteiger partial charge in [-0.05, 0) is 136 Å². The smallest absolute Gasteiger partial charge is 0.251 e. The highest BCUT2D eigenvalue weighted by molar-refractivity contribution is 5.98. The van der Waals surface area contributed by atoms with Crippen LogP contribution >= 0.6 is 0 Å². The van der Waals surface area contributed by atoms with Crippen LogP contribution < -0.4 is 31.6 Å². The van der Waals surface area contributed by atoms with Gasteiger partial charge in [0.25, 0.3) is 11.1 Å². The number of anilines is 2. The van der Waals surface area contributed by atoms with Crippen molar-refractivity contribution in [2.45, 2.75) is 128 Å². The number of carbonyl (C=O) groups excluding carboxylic acids is 4. The molecule has 6 aliphatic heterocycles. The molecule has 0 saturated carbocycles. The van der Waals surface area contributed by atoms with E-state index >= 15 is 0 Å². The summed E-state index contributed by atoms with van der Waals surface area (Å²) in [4.78, 5) is 106. The molecule has 3 aromatic carbocycles. The molecule has 0 spiro atoms. The molecule has 0 bridgehead atoms. The molecule has 20 heteroatoms. The van der Waals surface area contributed by atoms with E-state index in [2.05, 4.69) is 81.7 Å². The first-order valence-corrected chi connectivity index (χ1v) is 33.5. The van der Waals surface area contributed by atoms with Gasteiger partial charge in [-0.3, -0.25) is 38.6 Å². The zero-order chi connectivity index (χ0) is 65.2. The first-order chi connectivity index (χ1) is 43.9. The Labute approximate surface area is 541 Å². The van der Waals surface area contributed by atoms with E-state index in [9.17, 15) is 37.5 Å². The number of piperazine rings is 2. The van der Waals surface area contributed by atoms with Crippen molar-refractivity contribution >= 4 is 35.0 Å². The number of halogens is 2. The van der Waals surface area contributed by atoms with Gasteiger partial charge in [-0.15, -0.1) is 0 Å². The van der Waals surface area contributed by atoms with Crippen LogP contribution in [0.4, 0.5) is 20.2 Å². The van der Waals surface area contributed by atoms with Gasteiger partial charge in [-0.2, -0.15) is 0 Å². The van der Waals surface area contributed by atoms with E-state index in [0.29, 0.717) is 74.8 Å². The Morgan fingerprint density at radius 1 is 0.533 bits per heavy atom. The van der Waals surface area contributed by atoms with Gasteiger partial charge in [0.15, 0.2) is 0 Å². The van der Waals surface area contributed by atoms with Gasteiger partial charge >= 0.3 is 0 Å². The van der Waals surface area contributed by atoms with Crippen molar-refractivity contribution in [1.29, 1.82) is 0 Å². The number of likely N-dealkylation sites (tertiary alicyclic amines) is 2. The number of H-pyrrole nitrogens is 2. The number of fused-ring (bicyclic) bond motifs is 2. The van der Waals surface area contributed by atoms with Crippen LogP contribution in [-0.4, -0.2) is 206 Å². The standard InChI is InChI=1S/C72H96F2N12O6/c1-47-37-83(43-65(89)85-45-71(3,4)67-61(85)33-55(69(91)77-67)29-49-13-17-57(73)18-14-49)59(35-75-47)41-81-25-21-53(22-26-81)39-79(7)63(87)31-51-9-11-52(12-10-51)32-64(88)80(8)40-54-23-27-82(28-24-54)42-60-36-76-48(2)38-84(60)44-66(90)86-46-72(5,6)68-62(86)34-56(70(92)78-68)30-50-15-19-58(74)20-16-50/h9-20,33-34,47-48,53-54,59-60,75-76H,21-32,35-46H2,1-8H3,(H,77,91)(H,78,92)/t47-,48-,59-,60-/m1/s1. The number of piperidine rings is 2. The first kappa shape index (κ1) is 66.5. The van der Waals surface area contributed by atoms with E-state index in [0.717, 1.165) is 136 Å². The zero-order valence-electron chi connectivity index (χ0n) is 55.3. The lowest BCUT2D eigenvalue weighted by Gasteiger charge is -2.43. The van der Waals surface area contributed by atoms with Crippen LogP contribution in [0.15, 0.2) is 94.5 Å². The average molecular weight is 1260 g/mol. The summed E-state index contributed by atoms with van der Waals surface area (Å²) in [6.07, 6.45) is 5.19. The van der Waals surface area contributed by atoms with Crippen molar-refractivity contribution in [3.05, 3.63) is 162 Å². The second-order valence-electron chi connectivity index (χ2n) is 29.1. The largest absolute Gasteiger partial charge is 0.345 e. The van der Waals surface area contributed by atoms with Crippen molar-refractivity contribution in [3.8, 4) is 0 Å². The number of hydrogen-bond donors (Lipinski definition) is 4. The number of benzene rings is 3. The maximum Gasteiger partial charge on any atom is 0.251 e. The minimum Gasteiger partial charge on any atom is -0.345 e. The summed E-state index contributed by atoms with van der Waals surface area (Å²) in [5, 5.41) is 7.30. The third kappa shape index (κ3) is 16.0. The molecule has 5 aromatic rings. The first-order valence-electron chi connectivity index (χ1n) is 33.5. The number of pyridine rings is 2. The molecule has 4 amide bonds. The summed E-state index contributed by atoms with van der Waals surface area (Å²) in [5.74, 6) is 0.282. The second-order valence-corrected chi connectivity index (χ2v) is 29.1. The third-order valence-electron chi connectivity index (χ3n) is 20.6. The van der Waals surface area contributed by atoms with Crippen LogP contribution in [0.25, 0.3) is 0 Å². The van der Waals surface area contributed by atoms with Crippen molar-refractivity contribution < 1.29 is 28.0 Å². The maximum absolute atomic E-state index is 14.4. The number of nitrogens with one attached hydrogen (secondary N) is 4. The van der Waals surface area contributed by atoms with Gasteiger partial charge in [0.2, 0.25) is 23.6 Å². The van der Waals surface area contributed by atoms with Crippen molar-refractivity contribution in [3.63, 3.8) is 0 Å². The van der Waals surface area contributed by atoms with Crippen molar-refractivity contribution in [1.82, 2.24) is 50.0 Å². The molecule has 11 rings (SSSR count). The van der Waals surface area contributed by atoms with E-state index < -0.39 is 10.8 Å². The number of aromatic amines is 2. The summed E-state index contributed by atoms with van der Waals surface area (Å²) in [6.45, 7) is 23.8. The molecule has 4 N–H and O–H groups in total. The van der Waals surface area contributed by atoms with Gasteiger partial charge < -0.3 is 50.0 Å². The molecular weight excluding hydrogens is 1170 g/mol. The topological polar surface area (TPSA) is 184 Å². The lowest BCUT2D eigenvalue weighted by Crippen LogP contribution is -2.61. The molecule has 494 valence electrons. The summed E-state index contributed by atoms with van der Waals surface area (Å²) in [6, 6.07) is 24.7. The van der Waals surface area contributed by atoms with Crippen LogP contribution in [0.3, 0.4) is 0 Å². The number of nitrogens with zero attached hydrogens (tertiary/aromatic N) is 8. The fourth-order valence-electron chi connectivity index (χ4n) is 15.1. The van der Waals surface area contributed by atoms with Crippen LogP contribution in [0.2, 0.25) is 0 Å². The molecular formula is C72H96F2N12O6. The molecule has 92 heavy (non-hydrogen) atoms. The minimum absolute atomic E-state index is 0.00740. The predicted octanol–water partition coefficient (Wildman–Crippen LogP) is 5.92. The molecule has 0 unspecified atom stereocenters. The highest BCUT2D eigenvalue weighted by atomic mass is 19.1. The Morgan fingerprint density at radius 3 is 1.24 bits per heavy atom. The molecule has 0 aliphatic carbocycles. The predicted molar refractivity (Wildman–Crippen MR) is 356 cm³/mol. The van der Waals surface area contributed by atoms with E-state index in [1.165, 1.54) is 24.3 Å². The number of carbonyl (C=O) groups is 4. The maximum atomic E-state index is 14.4. The molecule has 4 fully saturated rings. The summed E-state index contributed by atoms with van der Waals surface area (Å²) in [7, 11) is 3.81. The molecule has 4 saturated heterocycles.